The molecule has 2 amide bonds. The molecule has 0 radical (unpaired) electrons. The number of hydrogen-bond donors (Lipinski definition) is 2. The number of carbonyl (C=O) groups excluding carboxylic acids is 1. The van der Waals surface area contributed by atoms with E-state index in [4.69, 9.17) is 0 Å². The van der Waals surface area contributed by atoms with Gasteiger partial charge in [-0.2, -0.15) is 0 Å². The number of hydrazine groups is 1. The van der Waals surface area contributed by atoms with Gasteiger partial charge in [0.05, 0.1) is 0 Å². The van der Waals surface area contributed by atoms with Crippen LogP contribution in [0.25, 0.3) is 0 Å². The number of rotatable bonds is 3. The van der Waals surface area contributed by atoms with E-state index in [0.29, 0.717) is 19.1 Å². The van der Waals surface area contributed by atoms with E-state index in [-0.39, 0.29) is 12.1 Å². The minimum atomic E-state index is -0.713. The standard InChI is InChI=1S/C13H24N4O3/c1-15(2)14-13(20)16-8-5-10(6-9-16)17-7-3-4-11(17)12(18)19/h10-11H,3-9H2,1-2H3,(H,14,20)(H,18,19). The molecule has 2 fully saturated rings. The first kappa shape index (κ1) is 15.1. The number of nitrogens with zero attached hydrogens (tertiary/aromatic N) is 3. The first-order chi connectivity index (χ1) is 9.49. The molecule has 0 saturated carbocycles. The lowest BCUT2D eigenvalue weighted by Gasteiger charge is -2.38. The molecule has 0 aromatic carbocycles. The fraction of sp³-hybridized carbons (Fsp3) is 0.846. The molecule has 1 atom stereocenters. The third-order valence-electron chi connectivity index (χ3n) is 4.12. The molecule has 2 rings (SSSR count). The Bertz CT molecular complexity index is 367. The van der Waals surface area contributed by atoms with Gasteiger partial charge in [-0.15, -0.1) is 0 Å². The van der Waals surface area contributed by atoms with Gasteiger partial charge in [-0.3, -0.25) is 15.1 Å². The molecule has 114 valence electrons. The number of aliphatic carboxylic acids is 1. The molecule has 2 aliphatic heterocycles. The summed E-state index contributed by atoms with van der Waals surface area (Å²) in [7, 11) is 3.57. The number of carboxylic acid groups (broad SMARTS) is 1. The third kappa shape index (κ3) is 3.40. The lowest BCUT2D eigenvalue weighted by atomic mass is 10.0. The minimum absolute atomic E-state index is 0.0790. The van der Waals surface area contributed by atoms with Crippen LogP contribution >= 0.6 is 0 Å². The van der Waals surface area contributed by atoms with Crippen molar-refractivity contribution in [2.75, 3.05) is 33.7 Å². The lowest BCUT2D eigenvalue weighted by molar-refractivity contribution is -0.143. The van der Waals surface area contributed by atoms with Crippen LogP contribution in [0.4, 0.5) is 4.79 Å². The summed E-state index contributed by atoms with van der Waals surface area (Å²) in [5, 5.41) is 10.9. The monoisotopic (exact) mass is 284 g/mol. The fourth-order valence-electron chi connectivity index (χ4n) is 3.15. The highest BCUT2D eigenvalue weighted by Gasteiger charge is 2.37. The van der Waals surface area contributed by atoms with Crippen molar-refractivity contribution in [3.8, 4) is 0 Å². The van der Waals surface area contributed by atoms with E-state index in [1.165, 1.54) is 0 Å². The fourth-order valence-corrected chi connectivity index (χ4v) is 3.15. The van der Waals surface area contributed by atoms with E-state index in [0.717, 1.165) is 32.2 Å². The summed E-state index contributed by atoms with van der Waals surface area (Å²) in [6, 6.07) is -0.117. The summed E-state index contributed by atoms with van der Waals surface area (Å²) < 4.78 is 0. The zero-order valence-corrected chi connectivity index (χ0v) is 12.2. The van der Waals surface area contributed by atoms with Crippen molar-refractivity contribution in [3.05, 3.63) is 0 Å². The summed E-state index contributed by atoms with van der Waals surface area (Å²) in [6.07, 6.45) is 3.41. The molecule has 2 aliphatic rings. The van der Waals surface area contributed by atoms with Crippen molar-refractivity contribution in [3.63, 3.8) is 0 Å². The Balaban J connectivity index is 1.85. The maximum atomic E-state index is 11.9. The molecule has 2 N–H and O–H groups in total. The quantitative estimate of drug-likeness (QED) is 0.723. The zero-order valence-electron chi connectivity index (χ0n) is 12.2. The number of likely N-dealkylation sites (tertiary alicyclic amines) is 2. The normalized spacial score (nSPS) is 25.1. The molecule has 7 heteroatoms. The molecule has 0 aromatic heterocycles. The summed E-state index contributed by atoms with van der Waals surface area (Å²) >= 11 is 0. The summed E-state index contributed by atoms with van der Waals surface area (Å²) in [4.78, 5) is 27.0. The average molecular weight is 284 g/mol. The molecule has 0 bridgehead atoms. The zero-order chi connectivity index (χ0) is 14.7. The number of urea groups is 1. The second kappa shape index (κ2) is 6.41. The maximum absolute atomic E-state index is 11.9. The Hall–Kier alpha value is -1.34. The van der Waals surface area contributed by atoms with Gasteiger partial charge in [-0.1, -0.05) is 0 Å². The number of nitrogens with one attached hydrogen (secondary N) is 1. The molecular formula is C13H24N4O3. The van der Waals surface area contributed by atoms with Gasteiger partial charge in [0.2, 0.25) is 0 Å². The van der Waals surface area contributed by atoms with Gasteiger partial charge in [0.1, 0.15) is 6.04 Å². The Morgan fingerprint density at radius 1 is 1.15 bits per heavy atom. The largest absolute Gasteiger partial charge is 0.480 e. The van der Waals surface area contributed by atoms with Gasteiger partial charge in [0, 0.05) is 33.2 Å². The van der Waals surface area contributed by atoms with Gasteiger partial charge >= 0.3 is 12.0 Å². The first-order valence-electron chi connectivity index (χ1n) is 7.20. The summed E-state index contributed by atoms with van der Waals surface area (Å²) in [5.74, 6) is -0.713. The van der Waals surface area contributed by atoms with Gasteiger partial charge < -0.3 is 10.0 Å². The van der Waals surface area contributed by atoms with E-state index < -0.39 is 5.97 Å². The van der Waals surface area contributed by atoms with Crippen molar-refractivity contribution in [2.45, 2.75) is 37.8 Å². The highest BCUT2D eigenvalue weighted by atomic mass is 16.4. The van der Waals surface area contributed by atoms with Crippen molar-refractivity contribution < 1.29 is 14.7 Å². The number of hydrogen-bond acceptors (Lipinski definition) is 4. The number of carbonyl (C=O) groups is 2. The van der Waals surface area contributed by atoms with E-state index in [1.807, 2.05) is 0 Å². The Morgan fingerprint density at radius 3 is 2.35 bits per heavy atom. The van der Waals surface area contributed by atoms with E-state index in [1.54, 1.807) is 24.0 Å². The summed E-state index contributed by atoms with van der Waals surface area (Å²) in [6.45, 7) is 2.24. The number of amides is 2. The van der Waals surface area contributed by atoms with Crippen molar-refractivity contribution in [2.24, 2.45) is 0 Å². The smallest absolute Gasteiger partial charge is 0.331 e. The molecule has 0 spiro atoms. The lowest BCUT2D eigenvalue weighted by Crippen LogP contribution is -2.53. The van der Waals surface area contributed by atoms with Crippen molar-refractivity contribution in [1.29, 1.82) is 0 Å². The number of piperidine rings is 1. The molecule has 0 aromatic rings. The predicted molar refractivity (Wildman–Crippen MR) is 74.2 cm³/mol. The average Bonchev–Trinajstić information content (AvgIpc) is 2.87. The van der Waals surface area contributed by atoms with Crippen LogP contribution in [-0.4, -0.2) is 77.7 Å². The van der Waals surface area contributed by atoms with Crippen LogP contribution in [0.3, 0.4) is 0 Å². The predicted octanol–water partition coefficient (Wildman–Crippen LogP) is 0.186. The second-order valence-electron chi connectivity index (χ2n) is 5.76. The van der Waals surface area contributed by atoms with E-state index in [9.17, 15) is 14.7 Å². The van der Waals surface area contributed by atoms with Crippen LogP contribution in [-0.2, 0) is 4.79 Å². The Labute approximate surface area is 119 Å². The molecule has 20 heavy (non-hydrogen) atoms. The molecular weight excluding hydrogens is 260 g/mol. The van der Waals surface area contributed by atoms with Crippen LogP contribution in [0, 0.1) is 0 Å². The van der Waals surface area contributed by atoms with Gasteiger partial charge in [-0.05, 0) is 32.2 Å². The minimum Gasteiger partial charge on any atom is -0.480 e. The van der Waals surface area contributed by atoms with Crippen LogP contribution in [0.2, 0.25) is 0 Å². The van der Waals surface area contributed by atoms with Crippen LogP contribution in [0.1, 0.15) is 25.7 Å². The van der Waals surface area contributed by atoms with Gasteiger partial charge in [0.15, 0.2) is 0 Å². The van der Waals surface area contributed by atoms with Crippen molar-refractivity contribution >= 4 is 12.0 Å². The SMILES string of the molecule is CN(C)NC(=O)N1CCC(N2CCCC2C(=O)O)CC1. The molecule has 0 aliphatic carbocycles. The highest BCUT2D eigenvalue weighted by Crippen LogP contribution is 2.26. The van der Waals surface area contributed by atoms with Crippen LogP contribution < -0.4 is 5.43 Å². The molecule has 2 saturated heterocycles. The Morgan fingerprint density at radius 2 is 1.80 bits per heavy atom. The molecule has 2 heterocycles. The van der Waals surface area contributed by atoms with Gasteiger partial charge in [0.25, 0.3) is 0 Å². The van der Waals surface area contributed by atoms with E-state index >= 15 is 0 Å². The number of carboxylic acids is 1. The molecule has 7 nitrogen and oxygen atoms in total. The van der Waals surface area contributed by atoms with Gasteiger partial charge in [-0.25, -0.2) is 9.80 Å². The summed E-state index contributed by atoms with van der Waals surface area (Å²) in [5.41, 5.74) is 2.74. The van der Waals surface area contributed by atoms with Crippen LogP contribution in [0.5, 0.6) is 0 Å². The topological polar surface area (TPSA) is 76.1 Å². The van der Waals surface area contributed by atoms with Crippen molar-refractivity contribution in [1.82, 2.24) is 20.2 Å². The molecule has 1 unspecified atom stereocenters. The van der Waals surface area contributed by atoms with E-state index in [2.05, 4.69) is 10.3 Å². The highest BCUT2D eigenvalue weighted by molar-refractivity contribution is 5.74. The third-order valence-corrected chi connectivity index (χ3v) is 4.12. The second-order valence-corrected chi connectivity index (χ2v) is 5.76. The van der Waals surface area contributed by atoms with Crippen LogP contribution in [0.15, 0.2) is 0 Å². The first-order valence-corrected chi connectivity index (χ1v) is 7.20. The maximum Gasteiger partial charge on any atom is 0.331 e. The Kier molecular flexibility index (Phi) is 4.82.